The van der Waals surface area contributed by atoms with Crippen LogP contribution in [-0.2, 0) is 4.79 Å². The number of rotatable bonds is 4. The van der Waals surface area contributed by atoms with E-state index in [2.05, 4.69) is 24.4 Å². The Kier molecular flexibility index (Phi) is 4.88. The topological polar surface area (TPSA) is 38.3 Å². The normalized spacial score (nSPS) is 24.7. The van der Waals surface area contributed by atoms with Crippen LogP contribution in [0.1, 0.15) is 26.7 Å². The van der Waals surface area contributed by atoms with Gasteiger partial charge in [-0.15, -0.1) is 0 Å². The van der Waals surface area contributed by atoms with Crippen molar-refractivity contribution in [3.8, 4) is 5.75 Å². The second kappa shape index (κ2) is 6.48. The highest BCUT2D eigenvalue weighted by Gasteiger charge is 2.29. The second-order valence-electron chi connectivity index (χ2n) is 5.79. The van der Waals surface area contributed by atoms with E-state index in [1.165, 1.54) is 18.2 Å². The molecule has 114 valence electrons. The van der Waals surface area contributed by atoms with Gasteiger partial charge in [-0.05, 0) is 37.8 Å². The van der Waals surface area contributed by atoms with Crippen molar-refractivity contribution >= 4 is 17.5 Å². The molecule has 0 fully saturated rings. The fraction of sp³-hybridized carbons (Fsp3) is 0.438. The van der Waals surface area contributed by atoms with E-state index in [9.17, 15) is 9.18 Å². The van der Waals surface area contributed by atoms with Gasteiger partial charge >= 0.3 is 0 Å². The molecule has 0 radical (unpaired) electrons. The molecule has 0 spiro atoms. The molecule has 0 bridgehead atoms. The van der Waals surface area contributed by atoms with E-state index < -0.39 is 5.82 Å². The number of ether oxygens (including phenoxy) is 1. The van der Waals surface area contributed by atoms with Gasteiger partial charge in [0.1, 0.15) is 11.6 Å². The Morgan fingerprint density at radius 2 is 2.33 bits per heavy atom. The molecule has 2 atom stereocenters. The first kappa shape index (κ1) is 15.8. The highest BCUT2D eigenvalue weighted by atomic mass is 35.5. The zero-order valence-electron chi connectivity index (χ0n) is 12.2. The Morgan fingerprint density at radius 3 is 3.00 bits per heavy atom. The van der Waals surface area contributed by atoms with Crippen LogP contribution in [0.4, 0.5) is 4.39 Å². The summed E-state index contributed by atoms with van der Waals surface area (Å²) in [6, 6.07) is 4.10. The molecule has 1 aromatic carbocycles. The molecule has 3 nitrogen and oxygen atoms in total. The van der Waals surface area contributed by atoms with Crippen LogP contribution in [0.15, 0.2) is 30.4 Å². The van der Waals surface area contributed by atoms with Gasteiger partial charge in [-0.1, -0.05) is 30.7 Å². The van der Waals surface area contributed by atoms with Gasteiger partial charge in [-0.25, -0.2) is 4.39 Å². The minimum atomic E-state index is -0.562. The highest BCUT2D eigenvalue weighted by molar-refractivity contribution is 6.30. The largest absolute Gasteiger partial charge is 0.484 e. The van der Waals surface area contributed by atoms with Crippen molar-refractivity contribution in [3.63, 3.8) is 0 Å². The molecule has 0 aliphatic heterocycles. The summed E-state index contributed by atoms with van der Waals surface area (Å²) in [4.78, 5) is 12.0. The average Bonchev–Trinajstić information content (AvgIpc) is 2.39. The Hall–Kier alpha value is -1.55. The molecule has 5 heteroatoms. The van der Waals surface area contributed by atoms with Crippen LogP contribution in [0.25, 0.3) is 0 Å². The molecular formula is C16H19ClFNO2. The van der Waals surface area contributed by atoms with Crippen molar-refractivity contribution < 1.29 is 13.9 Å². The van der Waals surface area contributed by atoms with E-state index in [-0.39, 0.29) is 28.8 Å². The molecule has 0 aromatic heterocycles. The first-order valence-electron chi connectivity index (χ1n) is 6.93. The Morgan fingerprint density at radius 1 is 1.57 bits per heavy atom. The third-order valence-electron chi connectivity index (χ3n) is 3.51. The summed E-state index contributed by atoms with van der Waals surface area (Å²) in [5.74, 6) is -0.0485. The van der Waals surface area contributed by atoms with Gasteiger partial charge < -0.3 is 10.1 Å². The van der Waals surface area contributed by atoms with Crippen LogP contribution in [0, 0.1) is 11.7 Å². The smallest absolute Gasteiger partial charge is 0.258 e. The maximum Gasteiger partial charge on any atom is 0.258 e. The SMILES string of the molecule is CC1C=CCC(C)(NC(=O)COc2ccc(Cl)c(F)c2)C1. The van der Waals surface area contributed by atoms with E-state index in [4.69, 9.17) is 16.3 Å². The molecule has 2 unspecified atom stereocenters. The third-order valence-corrected chi connectivity index (χ3v) is 3.81. The minimum absolute atomic E-state index is 0.0299. The van der Waals surface area contributed by atoms with Crippen LogP contribution in [-0.4, -0.2) is 18.1 Å². The number of nitrogens with one attached hydrogen (secondary N) is 1. The van der Waals surface area contributed by atoms with Gasteiger partial charge in [0.15, 0.2) is 6.61 Å². The van der Waals surface area contributed by atoms with E-state index in [0.717, 1.165) is 12.8 Å². The number of allylic oxidation sites excluding steroid dienone is 1. The Labute approximate surface area is 129 Å². The van der Waals surface area contributed by atoms with Crippen molar-refractivity contribution in [3.05, 3.63) is 41.2 Å². The van der Waals surface area contributed by atoms with E-state index in [0.29, 0.717) is 5.92 Å². The molecule has 0 saturated carbocycles. The van der Waals surface area contributed by atoms with E-state index >= 15 is 0 Å². The predicted octanol–water partition coefficient (Wildman–Crippen LogP) is 3.72. The summed E-state index contributed by atoms with van der Waals surface area (Å²) in [5.41, 5.74) is -0.250. The number of benzene rings is 1. The van der Waals surface area contributed by atoms with Gasteiger partial charge in [-0.2, -0.15) is 0 Å². The van der Waals surface area contributed by atoms with Crippen LogP contribution in [0.5, 0.6) is 5.75 Å². The number of halogens is 2. The molecule has 0 saturated heterocycles. The molecular weight excluding hydrogens is 293 g/mol. The Balaban J connectivity index is 1.87. The van der Waals surface area contributed by atoms with Gasteiger partial charge in [0.25, 0.3) is 5.91 Å². The number of hydrogen-bond acceptors (Lipinski definition) is 2. The van der Waals surface area contributed by atoms with Crippen molar-refractivity contribution in [2.75, 3.05) is 6.61 Å². The maximum atomic E-state index is 13.3. The van der Waals surface area contributed by atoms with E-state index in [1.54, 1.807) is 0 Å². The fourth-order valence-electron chi connectivity index (χ4n) is 2.61. The minimum Gasteiger partial charge on any atom is -0.484 e. The molecule has 1 aromatic rings. The number of carbonyl (C=O) groups excluding carboxylic acids is 1. The molecule has 1 aliphatic carbocycles. The number of amides is 1. The molecule has 1 amide bonds. The average molecular weight is 312 g/mol. The lowest BCUT2D eigenvalue weighted by atomic mass is 9.82. The van der Waals surface area contributed by atoms with Gasteiger partial charge in [0.2, 0.25) is 0 Å². The summed E-state index contributed by atoms with van der Waals surface area (Å²) in [6.07, 6.45) is 5.94. The standard InChI is InChI=1S/C16H19ClFNO2/c1-11-4-3-7-16(2,9-11)19-15(20)10-21-12-5-6-13(17)14(18)8-12/h3-6,8,11H,7,9-10H2,1-2H3,(H,19,20). The summed E-state index contributed by atoms with van der Waals surface area (Å²) < 4.78 is 18.5. The van der Waals surface area contributed by atoms with Crippen molar-refractivity contribution in [1.29, 1.82) is 0 Å². The first-order chi connectivity index (χ1) is 9.88. The lowest BCUT2D eigenvalue weighted by Gasteiger charge is -2.34. The van der Waals surface area contributed by atoms with E-state index in [1.807, 2.05) is 6.92 Å². The van der Waals surface area contributed by atoms with Crippen LogP contribution < -0.4 is 10.1 Å². The number of hydrogen-bond donors (Lipinski definition) is 1. The molecule has 2 rings (SSSR count). The quantitative estimate of drug-likeness (QED) is 0.861. The summed E-state index contributed by atoms with van der Waals surface area (Å²) in [7, 11) is 0. The summed E-state index contributed by atoms with van der Waals surface area (Å²) in [5, 5.41) is 3.02. The third kappa shape index (κ3) is 4.46. The monoisotopic (exact) mass is 311 g/mol. The highest BCUT2D eigenvalue weighted by Crippen LogP contribution is 2.27. The van der Waals surface area contributed by atoms with Crippen LogP contribution >= 0.6 is 11.6 Å². The zero-order valence-corrected chi connectivity index (χ0v) is 12.9. The van der Waals surface area contributed by atoms with Gasteiger partial charge in [0.05, 0.1) is 5.02 Å². The molecule has 21 heavy (non-hydrogen) atoms. The Bertz CT molecular complexity index is 561. The first-order valence-corrected chi connectivity index (χ1v) is 7.31. The second-order valence-corrected chi connectivity index (χ2v) is 6.19. The number of carbonyl (C=O) groups is 1. The van der Waals surface area contributed by atoms with Crippen LogP contribution in [0.3, 0.4) is 0 Å². The zero-order chi connectivity index (χ0) is 15.5. The van der Waals surface area contributed by atoms with Crippen molar-refractivity contribution in [1.82, 2.24) is 5.32 Å². The predicted molar refractivity (Wildman–Crippen MR) is 81.0 cm³/mol. The van der Waals surface area contributed by atoms with Crippen molar-refractivity contribution in [2.45, 2.75) is 32.2 Å². The molecule has 0 heterocycles. The van der Waals surface area contributed by atoms with Crippen LogP contribution in [0.2, 0.25) is 5.02 Å². The van der Waals surface area contributed by atoms with Gasteiger partial charge in [0, 0.05) is 11.6 Å². The summed E-state index contributed by atoms with van der Waals surface area (Å²) in [6.45, 7) is 3.99. The lowest BCUT2D eigenvalue weighted by Crippen LogP contribution is -2.49. The lowest BCUT2D eigenvalue weighted by molar-refractivity contribution is -0.125. The fourth-order valence-corrected chi connectivity index (χ4v) is 2.73. The van der Waals surface area contributed by atoms with Crippen molar-refractivity contribution in [2.24, 2.45) is 5.92 Å². The molecule has 1 N–H and O–H groups in total. The van der Waals surface area contributed by atoms with Gasteiger partial charge in [-0.3, -0.25) is 4.79 Å². The molecule has 1 aliphatic rings. The summed E-state index contributed by atoms with van der Waals surface area (Å²) >= 11 is 5.59. The maximum absolute atomic E-state index is 13.3.